The summed E-state index contributed by atoms with van der Waals surface area (Å²) in [5.41, 5.74) is -0.311. The number of hydrogen-bond acceptors (Lipinski definition) is 4. The van der Waals surface area contributed by atoms with Crippen molar-refractivity contribution in [1.82, 2.24) is 14.3 Å². The van der Waals surface area contributed by atoms with Gasteiger partial charge in [0.15, 0.2) is 0 Å². The number of nitrogens with zero attached hydrogens (tertiary/aromatic N) is 3. The van der Waals surface area contributed by atoms with Gasteiger partial charge in [-0.25, -0.2) is 4.98 Å². The van der Waals surface area contributed by atoms with Gasteiger partial charge in [0.05, 0.1) is 10.7 Å². The van der Waals surface area contributed by atoms with Gasteiger partial charge < -0.3 is 5.11 Å². The highest BCUT2D eigenvalue weighted by molar-refractivity contribution is 6.30. The van der Waals surface area contributed by atoms with Crippen molar-refractivity contribution in [2.75, 3.05) is 7.05 Å². The number of halogens is 1. The summed E-state index contributed by atoms with van der Waals surface area (Å²) in [5, 5.41) is 9.65. The molecule has 2 rings (SSSR count). The summed E-state index contributed by atoms with van der Waals surface area (Å²) in [5.74, 6) is -0.936. The van der Waals surface area contributed by atoms with Crippen molar-refractivity contribution in [2.24, 2.45) is 0 Å². The molecule has 21 heavy (non-hydrogen) atoms. The lowest BCUT2D eigenvalue weighted by Crippen LogP contribution is -2.47. The summed E-state index contributed by atoms with van der Waals surface area (Å²) in [6.45, 7) is 3.46. The van der Waals surface area contributed by atoms with Crippen LogP contribution < -0.4 is 5.56 Å². The van der Waals surface area contributed by atoms with Crippen molar-refractivity contribution in [1.29, 1.82) is 0 Å². The zero-order valence-corrected chi connectivity index (χ0v) is 12.8. The lowest BCUT2D eigenvalue weighted by Gasteiger charge is -2.31. The summed E-state index contributed by atoms with van der Waals surface area (Å²) < 4.78 is 1.36. The molecule has 0 aliphatic rings. The van der Waals surface area contributed by atoms with E-state index in [9.17, 15) is 14.7 Å². The maximum Gasteiger partial charge on any atom is 0.323 e. The quantitative estimate of drug-likeness (QED) is 0.929. The van der Waals surface area contributed by atoms with E-state index in [-0.39, 0.29) is 12.1 Å². The van der Waals surface area contributed by atoms with Crippen LogP contribution in [-0.2, 0) is 11.3 Å². The first-order chi connectivity index (χ1) is 9.71. The first kappa shape index (κ1) is 15.5. The molecule has 0 aliphatic heterocycles. The molecule has 0 unspecified atom stereocenters. The van der Waals surface area contributed by atoms with Gasteiger partial charge in [-0.2, -0.15) is 0 Å². The molecule has 0 saturated carbocycles. The van der Waals surface area contributed by atoms with Gasteiger partial charge in [0.25, 0.3) is 5.56 Å². The fourth-order valence-electron chi connectivity index (χ4n) is 1.81. The van der Waals surface area contributed by atoms with Crippen molar-refractivity contribution >= 4 is 23.2 Å². The highest BCUT2D eigenvalue weighted by Gasteiger charge is 2.32. The van der Waals surface area contributed by atoms with Crippen LogP contribution in [0.5, 0.6) is 0 Å². The predicted molar refractivity (Wildman–Crippen MR) is 79.7 cm³/mol. The first-order valence-electron chi connectivity index (χ1n) is 6.34. The van der Waals surface area contributed by atoms with Crippen molar-refractivity contribution in [2.45, 2.75) is 25.9 Å². The fraction of sp³-hybridized carbons (Fsp3) is 0.357. The molecule has 6 nitrogen and oxygen atoms in total. The third kappa shape index (κ3) is 3.06. The Labute approximate surface area is 126 Å². The maximum atomic E-state index is 12.0. The molecule has 0 saturated heterocycles. The predicted octanol–water partition coefficient (Wildman–Crippen LogP) is 1.64. The topological polar surface area (TPSA) is 74.9 Å². The summed E-state index contributed by atoms with van der Waals surface area (Å²) in [7, 11) is 1.68. The number of carboxylic acids is 1. The van der Waals surface area contributed by atoms with E-state index in [0.717, 1.165) is 0 Å². The van der Waals surface area contributed by atoms with Gasteiger partial charge in [-0.15, -0.1) is 0 Å². The number of hydrogen-bond donors (Lipinski definition) is 1. The molecule has 0 spiro atoms. The van der Waals surface area contributed by atoms with Crippen LogP contribution >= 0.6 is 11.6 Å². The standard InChI is InChI=1S/C14H16ClN3O3/c1-14(2,13(20)21)17(3)8-10-6-12(19)18-7-9(15)4-5-11(18)16-10/h4-7H,8H2,1-3H3,(H,20,21). The van der Waals surface area contributed by atoms with Crippen LogP contribution in [-0.4, -0.2) is 37.9 Å². The van der Waals surface area contributed by atoms with Gasteiger partial charge in [-0.05, 0) is 33.0 Å². The Hall–Kier alpha value is -1.92. The summed E-state index contributed by atoms with van der Waals surface area (Å²) in [6.07, 6.45) is 1.50. The third-order valence-corrected chi connectivity index (χ3v) is 3.78. The average molecular weight is 310 g/mol. The third-order valence-electron chi connectivity index (χ3n) is 3.55. The largest absolute Gasteiger partial charge is 0.480 e. The number of rotatable bonds is 4. The van der Waals surface area contributed by atoms with Crippen molar-refractivity contribution in [3.63, 3.8) is 0 Å². The Balaban J connectivity index is 2.38. The Bertz CT molecular complexity index is 755. The molecule has 0 atom stereocenters. The minimum atomic E-state index is -1.05. The SMILES string of the molecule is CN(Cc1cc(=O)n2cc(Cl)ccc2n1)C(C)(C)C(=O)O. The molecule has 112 valence electrons. The Morgan fingerprint density at radius 2 is 2.14 bits per heavy atom. The molecule has 0 fully saturated rings. The highest BCUT2D eigenvalue weighted by Crippen LogP contribution is 2.15. The first-order valence-corrected chi connectivity index (χ1v) is 6.72. The van der Waals surface area contributed by atoms with E-state index in [1.165, 1.54) is 16.7 Å². The zero-order valence-electron chi connectivity index (χ0n) is 12.0. The number of carboxylic acid groups (broad SMARTS) is 1. The minimum absolute atomic E-state index is 0.251. The van der Waals surface area contributed by atoms with Gasteiger partial charge in [-0.3, -0.25) is 18.9 Å². The van der Waals surface area contributed by atoms with Crippen molar-refractivity contribution in [3.8, 4) is 0 Å². The lowest BCUT2D eigenvalue weighted by atomic mass is 10.0. The van der Waals surface area contributed by atoms with E-state index in [4.69, 9.17) is 11.6 Å². The van der Waals surface area contributed by atoms with Gasteiger partial charge in [-0.1, -0.05) is 11.6 Å². The average Bonchev–Trinajstić information content (AvgIpc) is 2.39. The van der Waals surface area contributed by atoms with Crippen LogP contribution in [0, 0.1) is 0 Å². The Morgan fingerprint density at radius 1 is 1.48 bits per heavy atom. The van der Waals surface area contributed by atoms with Gasteiger partial charge >= 0.3 is 5.97 Å². The van der Waals surface area contributed by atoms with Crippen LogP contribution in [0.4, 0.5) is 0 Å². The molecule has 2 aromatic rings. The van der Waals surface area contributed by atoms with E-state index < -0.39 is 11.5 Å². The summed E-state index contributed by atoms with van der Waals surface area (Å²) in [4.78, 5) is 29.3. The molecule has 0 bridgehead atoms. The second kappa shape index (κ2) is 5.46. The molecule has 2 heterocycles. The number of aromatic nitrogens is 2. The lowest BCUT2D eigenvalue weighted by molar-refractivity contribution is -0.148. The normalized spacial score (nSPS) is 12.0. The second-order valence-electron chi connectivity index (χ2n) is 5.38. The van der Waals surface area contributed by atoms with Gasteiger partial charge in [0, 0.05) is 18.8 Å². The minimum Gasteiger partial charge on any atom is -0.480 e. The molecular formula is C14H16ClN3O3. The Kier molecular flexibility index (Phi) is 4.02. The van der Waals surface area contributed by atoms with E-state index in [2.05, 4.69) is 4.98 Å². The summed E-state index contributed by atoms with van der Waals surface area (Å²) in [6, 6.07) is 4.69. The molecule has 0 aliphatic carbocycles. The maximum absolute atomic E-state index is 12.0. The second-order valence-corrected chi connectivity index (χ2v) is 5.82. The highest BCUT2D eigenvalue weighted by atomic mass is 35.5. The van der Waals surface area contributed by atoms with Crippen molar-refractivity contribution in [3.05, 3.63) is 45.5 Å². The van der Waals surface area contributed by atoms with E-state index >= 15 is 0 Å². The molecule has 0 radical (unpaired) electrons. The molecule has 2 aromatic heterocycles. The number of aliphatic carboxylic acids is 1. The fourth-order valence-corrected chi connectivity index (χ4v) is 1.97. The number of fused-ring (bicyclic) bond motifs is 1. The number of likely N-dealkylation sites (N-methyl/N-ethyl adjacent to an activating group) is 1. The monoisotopic (exact) mass is 309 g/mol. The number of pyridine rings is 1. The molecular weight excluding hydrogens is 294 g/mol. The van der Waals surface area contributed by atoms with Crippen molar-refractivity contribution < 1.29 is 9.90 Å². The number of carbonyl (C=O) groups is 1. The molecule has 1 N–H and O–H groups in total. The van der Waals surface area contributed by atoms with Crippen LogP contribution in [0.2, 0.25) is 5.02 Å². The van der Waals surface area contributed by atoms with Gasteiger partial charge in [0.2, 0.25) is 0 Å². The molecule has 0 aromatic carbocycles. The molecule has 7 heteroatoms. The van der Waals surface area contributed by atoms with E-state index in [1.54, 1.807) is 37.9 Å². The van der Waals surface area contributed by atoms with Crippen LogP contribution in [0.15, 0.2) is 29.2 Å². The van der Waals surface area contributed by atoms with Crippen LogP contribution in [0.25, 0.3) is 5.65 Å². The Morgan fingerprint density at radius 3 is 2.76 bits per heavy atom. The van der Waals surface area contributed by atoms with E-state index in [1.807, 2.05) is 0 Å². The van der Waals surface area contributed by atoms with Crippen LogP contribution in [0.1, 0.15) is 19.5 Å². The molecule has 0 amide bonds. The van der Waals surface area contributed by atoms with E-state index in [0.29, 0.717) is 16.4 Å². The van der Waals surface area contributed by atoms with Crippen LogP contribution in [0.3, 0.4) is 0 Å². The van der Waals surface area contributed by atoms with Gasteiger partial charge in [0.1, 0.15) is 11.2 Å². The summed E-state index contributed by atoms with van der Waals surface area (Å²) >= 11 is 5.85. The smallest absolute Gasteiger partial charge is 0.323 e. The zero-order chi connectivity index (χ0) is 15.8.